The van der Waals surface area contributed by atoms with Crippen LogP contribution < -0.4 is 0 Å². The van der Waals surface area contributed by atoms with E-state index in [2.05, 4.69) is 21.7 Å². The van der Waals surface area contributed by atoms with Crippen molar-refractivity contribution in [2.24, 2.45) is 18.0 Å². The number of hydrogen-bond donors (Lipinski definition) is 0. The van der Waals surface area contributed by atoms with E-state index in [1.165, 1.54) is 11.3 Å². The van der Waals surface area contributed by atoms with Crippen LogP contribution in [0.25, 0.3) is 10.9 Å². The standard InChI is InChI=1S/C18H18N2O/c1-20-11-15(14-4-2-3-5-17(14)20)18(21)13-6-7-16-12(10-13)8-9-19-16/h2-5,9,11,13H,6-8,10H2,1H3/t13-/m1/s1. The number of Topliss-reactive ketones (excluding diaryl/α,β-unsaturated/α-hetero) is 1. The van der Waals surface area contributed by atoms with Crippen LogP contribution in [0.1, 0.15) is 36.0 Å². The number of carbonyl (C=O) groups is 1. The van der Waals surface area contributed by atoms with Gasteiger partial charge < -0.3 is 4.57 Å². The summed E-state index contributed by atoms with van der Waals surface area (Å²) in [5, 5.41) is 1.08. The van der Waals surface area contributed by atoms with Crippen molar-refractivity contribution in [1.82, 2.24) is 4.57 Å². The van der Waals surface area contributed by atoms with E-state index in [4.69, 9.17) is 0 Å². The first-order valence-electron chi connectivity index (χ1n) is 7.56. The van der Waals surface area contributed by atoms with Crippen LogP contribution in [0.4, 0.5) is 0 Å². The molecule has 3 heteroatoms. The van der Waals surface area contributed by atoms with Gasteiger partial charge in [0.05, 0.1) is 0 Å². The fourth-order valence-electron chi connectivity index (χ4n) is 3.61. The third-order valence-corrected chi connectivity index (χ3v) is 4.75. The lowest BCUT2D eigenvalue weighted by Gasteiger charge is -2.21. The summed E-state index contributed by atoms with van der Waals surface area (Å²) in [4.78, 5) is 17.4. The van der Waals surface area contributed by atoms with Gasteiger partial charge in [-0.1, -0.05) is 18.2 Å². The lowest BCUT2D eigenvalue weighted by molar-refractivity contribution is 0.0910. The second kappa shape index (κ2) is 4.69. The lowest BCUT2D eigenvalue weighted by atomic mass is 9.82. The zero-order valence-corrected chi connectivity index (χ0v) is 12.2. The number of carbonyl (C=O) groups excluding carboxylic acids is 1. The number of para-hydroxylation sites is 1. The molecule has 1 aliphatic carbocycles. The third-order valence-electron chi connectivity index (χ3n) is 4.75. The fourth-order valence-corrected chi connectivity index (χ4v) is 3.61. The zero-order valence-electron chi connectivity index (χ0n) is 12.2. The number of allylic oxidation sites excluding steroid dienone is 2. The highest BCUT2D eigenvalue weighted by atomic mass is 16.1. The van der Waals surface area contributed by atoms with Crippen LogP contribution in [0.3, 0.4) is 0 Å². The highest BCUT2D eigenvalue weighted by Gasteiger charge is 2.29. The van der Waals surface area contributed by atoms with Crippen molar-refractivity contribution in [3.8, 4) is 0 Å². The van der Waals surface area contributed by atoms with Crippen LogP contribution in [-0.4, -0.2) is 16.6 Å². The number of nitrogens with zero attached hydrogens (tertiary/aromatic N) is 2. The molecule has 21 heavy (non-hydrogen) atoms. The first kappa shape index (κ1) is 12.6. The molecule has 1 atom stereocenters. The summed E-state index contributed by atoms with van der Waals surface area (Å²) in [5.74, 6) is 0.418. The van der Waals surface area contributed by atoms with Crippen molar-refractivity contribution in [1.29, 1.82) is 0 Å². The molecule has 2 aliphatic rings. The fraction of sp³-hybridized carbons (Fsp3) is 0.333. The van der Waals surface area contributed by atoms with Crippen LogP contribution in [0.2, 0.25) is 0 Å². The summed E-state index contributed by atoms with van der Waals surface area (Å²) < 4.78 is 2.05. The number of rotatable bonds is 2. The monoisotopic (exact) mass is 278 g/mol. The Bertz CT molecular complexity index is 795. The Morgan fingerprint density at radius 3 is 3.10 bits per heavy atom. The van der Waals surface area contributed by atoms with E-state index in [0.29, 0.717) is 5.78 Å². The number of fused-ring (bicyclic) bond motifs is 1. The van der Waals surface area contributed by atoms with Crippen molar-refractivity contribution >= 4 is 22.9 Å². The highest BCUT2D eigenvalue weighted by molar-refractivity contribution is 6.09. The molecule has 0 N–H and O–H groups in total. The quantitative estimate of drug-likeness (QED) is 0.767. The average molecular weight is 278 g/mol. The van der Waals surface area contributed by atoms with E-state index >= 15 is 0 Å². The largest absolute Gasteiger partial charge is 0.350 e. The maximum Gasteiger partial charge on any atom is 0.168 e. The van der Waals surface area contributed by atoms with Crippen molar-refractivity contribution in [2.75, 3.05) is 0 Å². The van der Waals surface area contributed by atoms with Gasteiger partial charge in [-0.3, -0.25) is 9.79 Å². The molecule has 0 radical (unpaired) electrons. The summed E-state index contributed by atoms with van der Waals surface area (Å²) in [6.45, 7) is 0. The normalized spacial score (nSPS) is 21.1. The molecule has 0 bridgehead atoms. The second-order valence-electron chi connectivity index (χ2n) is 6.04. The van der Waals surface area contributed by atoms with Gasteiger partial charge in [-0.15, -0.1) is 0 Å². The maximum atomic E-state index is 12.9. The molecule has 1 aromatic carbocycles. The van der Waals surface area contributed by atoms with Crippen molar-refractivity contribution < 1.29 is 4.79 Å². The lowest BCUT2D eigenvalue weighted by Crippen LogP contribution is -2.18. The Labute approximate surface area is 124 Å². The third kappa shape index (κ3) is 1.96. The van der Waals surface area contributed by atoms with Crippen molar-refractivity contribution in [3.63, 3.8) is 0 Å². The minimum atomic E-state index is 0.122. The summed E-state index contributed by atoms with van der Waals surface area (Å²) in [6, 6.07) is 8.14. The molecule has 1 aliphatic heterocycles. The van der Waals surface area contributed by atoms with Gasteiger partial charge in [-0.2, -0.15) is 0 Å². The Morgan fingerprint density at radius 1 is 1.33 bits per heavy atom. The van der Waals surface area contributed by atoms with Crippen LogP contribution >= 0.6 is 0 Å². The Kier molecular flexibility index (Phi) is 2.81. The van der Waals surface area contributed by atoms with E-state index in [9.17, 15) is 4.79 Å². The molecule has 2 heterocycles. The Hall–Kier alpha value is -2.16. The molecule has 106 valence electrons. The maximum absolute atomic E-state index is 12.9. The SMILES string of the molecule is Cn1cc(C(=O)[C@@H]2CCC3=C(CC=N3)C2)c2ccccc21. The van der Waals surface area contributed by atoms with E-state index in [1.807, 2.05) is 31.6 Å². The molecule has 4 rings (SSSR count). The molecule has 0 saturated heterocycles. The summed E-state index contributed by atoms with van der Waals surface area (Å²) in [6.07, 6.45) is 7.68. The zero-order chi connectivity index (χ0) is 14.4. The Morgan fingerprint density at radius 2 is 2.19 bits per heavy atom. The van der Waals surface area contributed by atoms with Gasteiger partial charge in [0.2, 0.25) is 0 Å². The van der Waals surface area contributed by atoms with E-state index in [0.717, 1.165) is 42.1 Å². The van der Waals surface area contributed by atoms with Gasteiger partial charge in [-0.05, 0) is 30.9 Å². The van der Waals surface area contributed by atoms with Gasteiger partial charge in [0.25, 0.3) is 0 Å². The van der Waals surface area contributed by atoms with E-state index < -0.39 is 0 Å². The summed E-state index contributed by atoms with van der Waals surface area (Å²) in [5.41, 5.74) is 4.61. The van der Waals surface area contributed by atoms with E-state index in [1.54, 1.807) is 0 Å². The number of hydrogen-bond acceptors (Lipinski definition) is 2. The van der Waals surface area contributed by atoms with Crippen LogP contribution in [0, 0.1) is 5.92 Å². The molecule has 0 spiro atoms. The van der Waals surface area contributed by atoms with Gasteiger partial charge in [-0.25, -0.2) is 0 Å². The molecule has 1 aromatic heterocycles. The molecule has 0 saturated carbocycles. The van der Waals surface area contributed by atoms with Crippen molar-refractivity contribution in [2.45, 2.75) is 25.7 Å². The predicted molar refractivity (Wildman–Crippen MR) is 84.7 cm³/mol. The molecule has 0 unspecified atom stereocenters. The van der Waals surface area contributed by atoms with Crippen LogP contribution in [0.15, 0.2) is 46.7 Å². The first-order chi connectivity index (χ1) is 10.2. The first-order valence-corrected chi connectivity index (χ1v) is 7.56. The molecule has 0 fully saturated rings. The number of aromatic nitrogens is 1. The average Bonchev–Trinajstić information content (AvgIpc) is 3.11. The Balaban J connectivity index is 1.68. The number of aliphatic imine (C=N–C) groups is 1. The predicted octanol–water partition coefficient (Wildman–Crippen LogP) is 3.89. The molecule has 3 nitrogen and oxygen atoms in total. The second-order valence-corrected chi connectivity index (χ2v) is 6.04. The van der Waals surface area contributed by atoms with Crippen molar-refractivity contribution in [3.05, 3.63) is 47.3 Å². The summed E-state index contributed by atoms with van der Waals surface area (Å²) >= 11 is 0. The minimum absolute atomic E-state index is 0.122. The van der Waals surface area contributed by atoms with Gasteiger partial charge in [0.1, 0.15) is 0 Å². The molecule has 2 aromatic rings. The van der Waals surface area contributed by atoms with Gasteiger partial charge in [0.15, 0.2) is 5.78 Å². The molecular formula is C18H18N2O. The smallest absolute Gasteiger partial charge is 0.168 e. The van der Waals surface area contributed by atoms with E-state index in [-0.39, 0.29) is 5.92 Å². The van der Waals surface area contributed by atoms with Crippen LogP contribution in [0.5, 0.6) is 0 Å². The summed E-state index contributed by atoms with van der Waals surface area (Å²) in [7, 11) is 2.01. The molecule has 0 amide bonds. The number of benzene rings is 1. The number of ketones is 1. The minimum Gasteiger partial charge on any atom is -0.350 e. The molecular weight excluding hydrogens is 260 g/mol. The highest BCUT2D eigenvalue weighted by Crippen LogP contribution is 2.37. The van der Waals surface area contributed by atoms with Gasteiger partial charge >= 0.3 is 0 Å². The van der Waals surface area contributed by atoms with Gasteiger partial charge in [0, 0.05) is 54.0 Å². The van der Waals surface area contributed by atoms with Crippen LogP contribution in [-0.2, 0) is 7.05 Å². The topological polar surface area (TPSA) is 34.4 Å². The number of aryl methyl sites for hydroxylation is 1.